The fraction of sp³-hybridized carbons (Fsp3) is 0.294. The number of likely N-dealkylation sites (tertiary alicyclic amines) is 1. The molecule has 3 N–H and O–H groups in total. The van der Waals surface area contributed by atoms with Crippen LogP contribution in [-0.2, 0) is 0 Å². The Morgan fingerprint density at radius 1 is 1.27 bits per heavy atom. The maximum absolute atomic E-state index is 12.6. The normalized spacial score (nSPS) is 16.2. The average molecular weight is 431 g/mol. The van der Waals surface area contributed by atoms with E-state index in [1.165, 1.54) is 11.3 Å². The van der Waals surface area contributed by atoms with Gasteiger partial charge in [0.05, 0.1) is 9.58 Å². The van der Waals surface area contributed by atoms with Crippen molar-refractivity contribution in [3.63, 3.8) is 0 Å². The standard InChI is InChI=1S/C17H18N4OS2.2ClH/c18-9-11-6-7-21(10-11)16(22)14-8-13-15(23-14)20-17(24-13)19-12-4-2-1-3-5-12;;/h1-5,8,11H,6-7,9-10,18H2,(H,19,20);2*1H. The maximum Gasteiger partial charge on any atom is 0.264 e. The SMILES string of the molecule is Cl.Cl.NCC1CCN(C(=O)c2cc3sc(Nc4ccccc4)nc3s2)C1. The van der Waals surface area contributed by atoms with Crippen molar-refractivity contribution in [1.82, 2.24) is 9.88 Å². The van der Waals surface area contributed by atoms with Crippen LogP contribution in [0, 0.1) is 5.92 Å². The molecule has 1 aliphatic heterocycles. The number of thiazole rings is 1. The highest BCUT2D eigenvalue weighted by molar-refractivity contribution is 7.29. The Morgan fingerprint density at radius 2 is 2.04 bits per heavy atom. The monoisotopic (exact) mass is 430 g/mol. The first-order chi connectivity index (χ1) is 11.7. The lowest BCUT2D eigenvalue weighted by Crippen LogP contribution is -2.29. The molecule has 3 aromatic rings. The van der Waals surface area contributed by atoms with Gasteiger partial charge < -0.3 is 16.0 Å². The Bertz CT molecular complexity index is 837. The van der Waals surface area contributed by atoms with Crippen molar-refractivity contribution in [3.8, 4) is 0 Å². The molecule has 0 radical (unpaired) electrons. The minimum Gasteiger partial charge on any atom is -0.338 e. The van der Waals surface area contributed by atoms with E-state index in [1.54, 1.807) is 11.3 Å². The molecule has 2 aromatic heterocycles. The summed E-state index contributed by atoms with van der Waals surface area (Å²) in [5, 5.41) is 4.15. The predicted octanol–water partition coefficient (Wildman–Crippen LogP) is 4.37. The molecule has 1 aliphatic rings. The molecule has 1 unspecified atom stereocenters. The summed E-state index contributed by atoms with van der Waals surface area (Å²) >= 11 is 3.04. The number of carbonyl (C=O) groups excluding carboxylic acids is 1. The van der Waals surface area contributed by atoms with Crippen LogP contribution >= 0.6 is 47.5 Å². The number of hydrogen-bond acceptors (Lipinski definition) is 6. The number of carbonyl (C=O) groups is 1. The van der Waals surface area contributed by atoms with Crippen LogP contribution in [0.4, 0.5) is 10.8 Å². The second-order valence-electron chi connectivity index (χ2n) is 5.93. The van der Waals surface area contributed by atoms with Crippen LogP contribution in [0.5, 0.6) is 0 Å². The maximum atomic E-state index is 12.6. The molecule has 1 aromatic carbocycles. The van der Waals surface area contributed by atoms with Crippen molar-refractivity contribution in [3.05, 3.63) is 41.3 Å². The number of rotatable bonds is 4. The van der Waals surface area contributed by atoms with Crippen LogP contribution < -0.4 is 11.1 Å². The minimum absolute atomic E-state index is 0. The van der Waals surface area contributed by atoms with Crippen molar-refractivity contribution in [2.24, 2.45) is 11.7 Å². The lowest BCUT2D eigenvalue weighted by molar-refractivity contribution is 0.0792. The molecule has 1 atom stereocenters. The van der Waals surface area contributed by atoms with Crippen molar-refractivity contribution in [1.29, 1.82) is 0 Å². The Labute approximate surface area is 172 Å². The van der Waals surface area contributed by atoms with Crippen LogP contribution in [0.25, 0.3) is 9.53 Å². The lowest BCUT2D eigenvalue weighted by atomic mass is 10.1. The zero-order chi connectivity index (χ0) is 16.5. The largest absolute Gasteiger partial charge is 0.338 e. The van der Waals surface area contributed by atoms with Gasteiger partial charge in [-0.3, -0.25) is 4.79 Å². The third-order valence-electron chi connectivity index (χ3n) is 4.23. The first-order valence-corrected chi connectivity index (χ1v) is 9.58. The number of fused-ring (bicyclic) bond motifs is 1. The minimum atomic E-state index is 0. The molecule has 0 bridgehead atoms. The number of nitrogens with one attached hydrogen (secondary N) is 1. The molecule has 1 amide bonds. The van der Waals surface area contributed by atoms with Gasteiger partial charge in [0, 0.05) is 18.8 Å². The Morgan fingerprint density at radius 3 is 2.69 bits per heavy atom. The van der Waals surface area contributed by atoms with Crippen LogP contribution in [-0.4, -0.2) is 35.4 Å². The fourth-order valence-corrected chi connectivity index (χ4v) is 5.01. The second kappa shape index (κ2) is 9.01. The number of hydrogen-bond donors (Lipinski definition) is 2. The molecule has 3 heterocycles. The van der Waals surface area contributed by atoms with E-state index in [2.05, 4.69) is 10.3 Å². The summed E-state index contributed by atoms with van der Waals surface area (Å²) in [6.45, 7) is 2.23. The summed E-state index contributed by atoms with van der Waals surface area (Å²) in [5.41, 5.74) is 6.72. The third kappa shape index (κ3) is 4.29. The molecule has 5 nitrogen and oxygen atoms in total. The van der Waals surface area contributed by atoms with E-state index in [1.807, 2.05) is 41.3 Å². The smallest absolute Gasteiger partial charge is 0.264 e. The van der Waals surface area contributed by atoms with E-state index in [4.69, 9.17) is 5.73 Å². The summed E-state index contributed by atoms with van der Waals surface area (Å²) in [4.78, 5) is 20.8. The van der Waals surface area contributed by atoms with Crippen LogP contribution in [0.1, 0.15) is 16.1 Å². The van der Waals surface area contributed by atoms with E-state index in [9.17, 15) is 4.79 Å². The molecule has 1 fully saturated rings. The number of nitrogens with zero attached hydrogens (tertiary/aromatic N) is 2. The highest BCUT2D eigenvalue weighted by Gasteiger charge is 2.27. The van der Waals surface area contributed by atoms with E-state index in [-0.39, 0.29) is 30.7 Å². The zero-order valence-electron chi connectivity index (χ0n) is 13.9. The molecule has 1 saturated heterocycles. The fourth-order valence-electron chi connectivity index (χ4n) is 2.90. The first kappa shape index (κ1) is 20.9. The Hall–Kier alpha value is -1.38. The van der Waals surface area contributed by atoms with Gasteiger partial charge in [-0.25, -0.2) is 4.98 Å². The number of halogens is 2. The Kier molecular flexibility index (Phi) is 7.25. The van der Waals surface area contributed by atoms with Crippen molar-refractivity contribution in [2.45, 2.75) is 6.42 Å². The molecule has 140 valence electrons. The van der Waals surface area contributed by atoms with Crippen LogP contribution in [0.15, 0.2) is 36.4 Å². The van der Waals surface area contributed by atoms with Crippen molar-refractivity contribution < 1.29 is 4.79 Å². The topological polar surface area (TPSA) is 71.2 Å². The van der Waals surface area contributed by atoms with Gasteiger partial charge in [0.2, 0.25) is 0 Å². The van der Waals surface area contributed by atoms with Gasteiger partial charge in [-0.05, 0) is 37.1 Å². The number of amides is 1. The second-order valence-corrected chi connectivity index (χ2v) is 7.99. The molecule has 0 saturated carbocycles. The van der Waals surface area contributed by atoms with Gasteiger partial charge in [0.25, 0.3) is 5.91 Å². The number of anilines is 2. The molecule has 26 heavy (non-hydrogen) atoms. The summed E-state index contributed by atoms with van der Waals surface area (Å²) in [5.74, 6) is 0.550. The number of thiophene rings is 1. The molecule has 9 heteroatoms. The summed E-state index contributed by atoms with van der Waals surface area (Å²) in [6.07, 6.45) is 1.01. The highest BCUT2D eigenvalue weighted by Crippen LogP contribution is 2.35. The number of para-hydroxylation sites is 1. The molecule has 0 spiro atoms. The van der Waals surface area contributed by atoms with Crippen LogP contribution in [0.2, 0.25) is 0 Å². The van der Waals surface area contributed by atoms with Gasteiger partial charge in [-0.1, -0.05) is 29.5 Å². The van der Waals surface area contributed by atoms with Crippen molar-refractivity contribution >= 4 is 73.7 Å². The zero-order valence-corrected chi connectivity index (χ0v) is 17.1. The third-order valence-corrected chi connectivity index (χ3v) is 6.30. The van der Waals surface area contributed by atoms with E-state index in [0.717, 1.165) is 44.7 Å². The number of aromatic nitrogens is 1. The van der Waals surface area contributed by atoms with Crippen LogP contribution in [0.3, 0.4) is 0 Å². The van der Waals surface area contributed by atoms with Crippen molar-refractivity contribution in [2.75, 3.05) is 25.0 Å². The van der Waals surface area contributed by atoms with Gasteiger partial charge >= 0.3 is 0 Å². The van der Waals surface area contributed by atoms with Gasteiger partial charge in [0.15, 0.2) is 5.13 Å². The molecule has 4 rings (SSSR count). The quantitative estimate of drug-likeness (QED) is 0.644. The molecule has 0 aliphatic carbocycles. The highest BCUT2D eigenvalue weighted by atomic mass is 35.5. The number of benzene rings is 1. The molecular formula is C17H20Cl2N4OS2. The molecular weight excluding hydrogens is 411 g/mol. The van der Waals surface area contributed by atoms with Gasteiger partial charge in [0.1, 0.15) is 4.83 Å². The average Bonchev–Trinajstić information content (AvgIpc) is 3.29. The van der Waals surface area contributed by atoms with Gasteiger partial charge in [-0.2, -0.15) is 0 Å². The summed E-state index contributed by atoms with van der Waals surface area (Å²) in [7, 11) is 0. The predicted molar refractivity (Wildman–Crippen MR) is 115 cm³/mol. The lowest BCUT2D eigenvalue weighted by Gasteiger charge is -2.14. The van der Waals surface area contributed by atoms with E-state index in [0.29, 0.717) is 12.5 Å². The van der Waals surface area contributed by atoms with E-state index < -0.39 is 0 Å². The first-order valence-electron chi connectivity index (χ1n) is 7.94. The number of nitrogens with two attached hydrogens (primary N) is 1. The summed E-state index contributed by atoms with van der Waals surface area (Å²) in [6, 6.07) is 11.9. The Balaban J connectivity index is 0.00000121. The van der Waals surface area contributed by atoms with Gasteiger partial charge in [-0.15, -0.1) is 36.2 Å². The van der Waals surface area contributed by atoms with E-state index >= 15 is 0 Å². The summed E-state index contributed by atoms with van der Waals surface area (Å²) < 4.78 is 1.05.